The highest BCUT2D eigenvalue weighted by molar-refractivity contribution is 7.80. The van der Waals surface area contributed by atoms with Crippen LogP contribution in [0.1, 0.15) is 11.1 Å². The van der Waals surface area contributed by atoms with Crippen molar-refractivity contribution in [3.63, 3.8) is 0 Å². The number of carbonyl (C=O) groups is 2. The molecule has 1 N–H and O–H groups in total. The maximum atomic E-state index is 13.1. The average molecular weight is 425 g/mol. The zero-order valence-electron chi connectivity index (χ0n) is 16.1. The summed E-state index contributed by atoms with van der Waals surface area (Å²) < 4.78 is 5.77. The van der Waals surface area contributed by atoms with Gasteiger partial charge in [-0.1, -0.05) is 30.3 Å². The lowest BCUT2D eigenvalue weighted by Gasteiger charge is -2.29. The van der Waals surface area contributed by atoms with Crippen LogP contribution in [0.4, 0.5) is 5.69 Å². The minimum atomic E-state index is -0.586. The molecule has 6 nitrogen and oxygen atoms in total. The van der Waals surface area contributed by atoms with Gasteiger partial charge in [0, 0.05) is 0 Å². The number of hydrogen-bond acceptors (Lipinski definition) is 5. The predicted octanol–water partition coefficient (Wildman–Crippen LogP) is 4.18. The standard InChI is InChI=1S/C24H15N3O3S/c25-15-17-6-4-5-16(13-17)14-21-22(28)26-24(31)27(23(21)29)18-9-11-20(12-10-18)30-19-7-2-1-3-8-19/h1-14H,(H,26,28,31)/b21-14-. The first-order valence-electron chi connectivity index (χ1n) is 9.30. The summed E-state index contributed by atoms with van der Waals surface area (Å²) in [5.74, 6) is 0.154. The smallest absolute Gasteiger partial charge is 0.270 e. The molecule has 3 aromatic rings. The molecular weight excluding hydrogens is 410 g/mol. The number of nitrogens with zero attached hydrogens (tertiary/aromatic N) is 2. The molecule has 4 rings (SSSR count). The fraction of sp³-hybridized carbons (Fsp3) is 0. The Hall–Kier alpha value is -4.28. The van der Waals surface area contributed by atoms with Crippen LogP contribution in [-0.4, -0.2) is 16.9 Å². The average Bonchev–Trinajstić information content (AvgIpc) is 2.78. The molecule has 1 fully saturated rings. The molecule has 0 saturated carbocycles. The third-order valence-corrected chi connectivity index (χ3v) is 4.79. The Kier molecular flexibility index (Phi) is 5.56. The Morgan fingerprint density at radius 1 is 0.935 bits per heavy atom. The quantitative estimate of drug-likeness (QED) is 0.385. The summed E-state index contributed by atoms with van der Waals surface area (Å²) in [5, 5.41) is 11.6. The van der Waals surface area contributed by atoms with Crippen LogP contribution in [0, 0.1) is 11.3 Å². The van der Waals surface area contributed by atoms with Crippen molar-refractivity contribution >= 4 is 40.9 Å². The number of carbonyl (C=O) groups excluding carboxylic acids is 2. The molecule has 0 bridgehead atoms. The molecule has 2 amide bonds. The van der Waals surface area contributed by atoms with Crippen LogP contribution in [-0.2, 0) is 9.59 Å². The molecule has 0 spiro atoms. The van der Waals surface area contributed by atoms with Crippen molar-refractivity contribution in [2.75, 3.05) is 4.90 Å². The van der Waals surface area contributed by atoms with Crippen molar-refractivity contribution in [1.82, 2.24) is 5.32 Å². The SMILES string of the molecule is N#Cc1cccc(/C=C2/C(=O)NC(=S)N(c3ccc(Oc4ccccc4)cc3)C2=O)c1. The van der Waals surface area contributed by atoms with Crippen LogP contribution in [0.25, 0.3) is 6.08 Å². The Labute approximate surface area is 184 Å². The van der Waals surface area contributed by atoms with Gasteiger partial charge < -0.3 is 4.74 Å². The van der Waals surface area contributed by atoms with Gasteiger partial charge in [0.25, 0.3) is 11.8 Å². The normalized spacial score (nSPS) is 14.9. The fourth-order valence-electron chi connectivity index (χ4n) is 3.04. The van der Waals surface area contributed by atoms with Gasteiger partial charge in [0.1, 0.15) is 17.1 Å². The van der Waals surface area contributed by atoms with Gasteiger partial charge in [-0.15, -0.1) is 0 Å². The summed E-state index contributed by atoms with van der Waals surface area (Å²) >= 11 is 5.23. The van der Waals surface area contributed by atoms with Gasteiger partial charge in [-0.05, 0) is 72.4 Å². The maximum Gasteiger partial charge on any atom is 0.270 e. The molecule has 1 heterocycles. The highest BCUT2D eigenvalue weighted by Crippen LogP contribution is 2.27. The second-order valence-electron chi connectivity index (χ2n) is 6.60. The summed E-state index contributed by atoms with van der Waals surface area (Å²) in [5.41, 5.74) is 1.41. The van der Waals surface area contributed by atoms with Crippen molar-refractivity contribution in [3.05, 3.63) is 95.6 Å². The predicted molar refractivity (Wildman–Crippen MR) is 120 cm³/mol. The van der Waals surface area contributed by atoms with Crippen molar-refractivity contribution in [3.8, 4) is 17.6 Å². The van der Waals surface area contributed by atoms with E-state index in [0.29, 0.717) is 28.3 Å². The van der Waals surface area contributed by atoms with Crippen LogP contribution in [0.15, 0.2) is 84.4 Å². The Morgan fingerprint density at radius 2 is 1.65 bits per heavy atom. The molecule has 1 saturated heterocycles. The molecule has 31 heavy (non-hydrogen) atoms. The number of thiocarbonyl (C=S) groups is 1. The van der Waals surface area contributed by atoms with Gasteiger partial charge in [0.05, 0.1) is 17.3 Å². The zero-order chi connectivity index (χ0) is 21.8. The Balaban J connectivity index is 1.61. The van der Waals surface area contributed by atoms with Gasteiger partial charge in [0.2, 0.25) is 0 Å². The molecule has 7 heteroatoms. The van der Waals surface area contributed by atoms with Crippen molar-refractivity contribution in [2.24, 2.45) is 0 Å². The lowest BCUT2D eigenvalue weighted by atomic mass is 10.1. The van der Waals surface area contributed by atoms with E-state index < -0.39 is 11.8 Å². The maximum absolute atomic E-state index is 13.1. The molecule has 1 aliphatic rings. The largest absolute Gasteiger partial charge is 0.457 e. The van der Waals surface area contributed by atoms with Crippen LogP contribution < -0.4 is 15.0 Å². The second kappa shape index (κ2) is 8.61. The van der Waals surface area contributed by atoms with E-state index in [1.165, 1.54) is 11.0 Å². The summed E-state index contributed by atoms with van der Waals surface area (Å²) in [6, 6.07) is 24.8. The van der Waals surface area contributed by atoms with Crippen molar-refractivity contribution in [1.29, 1.82) is 5.26 Å². The summed E-state index contributed by atoms with van der Waals surface area (Å²) in [6.45, 7) is 0. The van der Waals surface area contributed by atoms with E-state index in [9.17, 15) is 9.59 Å². The number of hydrogen-bond donors (Lipinski definition) is 1. The van der Waals surface area contributed by atoms with Crippen LogP contribution in [0.3, 0.4) is 0 Å². The van der Waals surface area contributed by atoms with Gasteiger partial charge >= 0.3 is 0 Å². The molecule has 0 unspecified atom stereocenters. The molecule has 0 radical (unpaired) electrons. The lowest BCUT2D eigenvalue weighted by molar-refractivity contribution is -0.122. The Bertz CT molecular complexity index is 1250. The molecule has 0 aromatic heterocycles. The first kappa shape index (κ1) is 20.0. The number of ether oxygens (including phenoxy) is 1. The third kappa shape index (κ3) is 4.34. The molecule has 1 aliphatic heterocycles. The molecule has 0 aliphatic carbocycles. The zero-order valence-corrected chi connectivity index (χ0v) is 16.9. The van der Waals surface area contributed by atoms with Crippen LogP contribution >= 0.6 is 12.2 Å². The molecule has 3 aromatic carbocycles. The van der Waals surface area contributed by atoms with Gasteiger partial charge in [0.15, 0.2) is 5.11 Å². The Morgan fingerprint density at radius 3 is 2.35 bits per heavy atom. The summed E-state index contributed by atoms with van der Waals surface area (Å²) in [6.07, 6.45) is 1.44. The summed E-state index contributed by atoms with van der Waals surface area (Å²) in [4.78, 5) is 26.8. The number of nitrogens with one attached hydrogen (secondary N) is 1. The van der Waals surface area contributed by atoms with Gasteiger partial charge in [-0.25, -0.2) is 0 Å². The highest BCUT2D eigenvalue weighted by Gasteiger charge is 2.34. The summed E-state index contributed by atoms with van der Waals surface area (Å²) in [7, 11) is 0. The molecule has 150 valence electrons. The number of benzene rings is 3. The van der Waals surface area contributed by atoms with E-state index in [-0.39, 0.29) is 10.7 Å². The number of anilines is 1. The van der Waals surface area contributed by atoms with E-state index in [4.69, 9.17) is 22.2 Å². The van der Waals surface area contributed by atoms with Crippen molar-refractivity contribution < 1.29 is 14.3 Å². The minimum Gasteiger partial charge on any atom is -0.457 e. The van der Waals surface area contributed by atoms with E-state index in [0.717, 1.165) is 0 Å². The number of nitriles is 1. The van der Waals surface area contributed by atoms with E-state index in [1.807, 2.05) is 36.4 Å². The van der Waals surface area contributed by atoms with Crippen molar-refractivity contribution in [2.45, 2.75) is 0 Å². The van der Waals surface area contributed by atoms with E-state index >= 15 is 0 Å². The van der Waals surface area contributed by atoms with E-state index in [1.54, 1.807) is 48.5 Å². The first-order chi connectivity index (χ1) is 15.0. The number of para-hydroxylation sites is 1. The van der Waals surface area contributed by atoms with Crippen LogP contribution in [0.2, 0.25) is 0 Å². The monoisotopic (exact) mass is 425 g/mol. The number of amides is 2. The minimum absolute atomic E-state index is 0.00495. The topological polar surface area (TPSA) is 82.4 Å². The van der Waals surface area contributed by atoms with Gasteiger partial charge in [-0.3, -0.25) is 19.8 Å². The third-order valence-electron chi connectivity index (χ3n) is 4.50. The molecule has 0 atom stereocenters. The lowest BCUT2D eigenvalue weighted by Crippen LogP contribution is -2.54. The van der Waals surface area contributed by atoms with Crippen LogP contribution in [0.5, 0.6) is 11.5 Å². The number of rotatable bonds is 4. The highest BCUT2D eigenvalue weighted by atomic mass is 32.1. The van der Waals surface area contributed by atoms with Gasteiger partial charge in [-0.2, -0.15) is 5.26 Å². The molecular formula is C24H15N3O3S. The van der Waals surface area contributed by atoms with E-state index in [2.05, 4.69) is 5.32 Å². The fourth-order valence-corrected chi connectivity index (χ4v) is 3.33. The second-order valence-corrected chi connectivity index (χ2v) is 6.99. The first-order valence-corrected chi connectivity index (χ1v) is 9.70.